The number of benzene rings is 1. The molecular formula is C18H19FN6O5S2. The maximum atomic E-state index is 13.2. The van der Waals surface area contributed by atoms with E-state index in [1.807, 2.05) is 0 Å². The minimum absolute atomic E-state index is 0.0350. The first-order chi connectivity index (χ1) is 15.4. The molecule has 3 aromatic rings. The topological polar surface area (TPSA) is 149 Å². The van der Waals surface area contributed by atoms with Gasteiger partial charge in [0.05, 0.1) is 16.8 Å². The van der Waals surface area contributed by atoms with Gasteiger partial charge in [0, 0.05) is 19.3 Å². The Morgan fingerprint density at radius 3 is 2.69 bits per heavy atom. The van der Waals surface area contributed by atoms with Crippen molar-refractivity contribution in [3.8, 4) is 0 Å². The number of hydrogen-bond acceptors (Lipinski definition) is 10. The summed E-state index contributed by atoms with van der Waals surface area (Å²) < 4.78 is 42.9. The smallest absolute Gasteiger partial charge is 0.280 e. The molecule has 0 atom stereocenters. The van der Waals surface area contributed by atoms with Crippen molar-refractivity contribution in [2.45, 2.75) is 17.9 Å². The van der Waals surface area contributed by atoms with E-state index < -0.39 is 20.9 Å². The average Bonchev–Trinajstić information content (AvgIpc) is 3.43. The van der Waals surface area contributed by atoms with Crippen LogP contribution in [0.15, 0.2) is 46.8 Å². The van der Waals surface area contributed by atoms with E-state index in [2.05, 4.69) is 30.6 Å². The number of aromatic amines is 1. The Labute approximate surface area is 186 Å². The largest absolute Gasteiger partial charge is 0.387 e. The number of hydrogen-bond donors (Lipinski definition) is 2. The predicted molar refractivity (Wildman–Crippen MR) is 113 cm³/mol. The summed E-state index contributed by atoms with van der Waals surface area (Å²) in [5.41, 5.74) is 0.122. The number of sulfone groups is 1. The molecule has 2 heterocycles. The van der Waals surface area contributed by atoms with Gasteiger partial charge in [0.1, 0.15) is 6.33 Å². The van der Waals surface area contributed by atoms with Crippen LogP contribution in [-0.2, 0) is 30.8 Å². The molecule has 0 radical (unpaired) electrons. The van der Waals surface area contributed by atoms with Crippen LogP contribution in [0.2, 0.25) is 0 Å². The number of carbonyl (C=O) groups is 1. The minimum Gasteiger partial charge on any atom is -0.387 e. The summed E-state index contributed by atoms with van der Waals surface area (Å²) in [6.45, 7) is 0.239. The van der Waals surface area contributed by atoms with E-state index in [0.717, 1.165) is 6.20 Å². The molecule has 0 aliphatic carbocycles. The molecule has 1 aromatic carbocycles. The normalized spacial score (nSPS) is 12.0. The number of amides is 1. The fourth-order valence-electron chi connectivity index (χ4n) is 2.48. The Morgan fingerprint density at radius 2 is 2.06 bits per heavy atom. The van der Waals surface area contributed by atoms with E-state index in [1.54, 1.807) is 0 Å². The van der Waals surface area contributed by atoms with Crippen LogP contribution < -0.4 is 5.32 Å². The second-order valence-corrected chi connectivity index (χ2v) is 9.35. The van der Waals surface area contributed by atoms with Crippen LogP contribution in [0.3, 0.4) is 0 Å². The number of ether oxygens (including phenoxy) is 1. The Kier molecular flexibility index (Phi) is 7.97. The molecule has 3 rings (SSSR count). The highest BCUT2D eigenvalue weighted by Crippen LogP contribution is 2.18. The summed E-state index contributed by atoms with van der Waals surface area (Å²) in [6, 6.07) is 5.61. The summed E-state index contributed by atoms with van der Waals surface area (Å²) in [6.07, 6.45) is 2.62. The summed E-state index contributed by atoms with van der Waals surface area (Å²) in [7, 11) is -2.01. The minimum atomic E-state index is -3.51. The summed E-state index contributed by atoms with van der Waals surface area (Å²) >= 11 is 0.647. The van der Waals surface area contributed by atoms with Crippen molar-refractivity contribution in [1.82, 2.24) is 20.2 Å². The van der Waals surface area contributed by atoms with Crippen molar-refractivity contribution in [3.63, 3.8) is 0 Å². The average molecular weight is 483 g/mol. The summed E-state index contributed by atoms with van der Waals surface area (Å²) in [4.78, 5) is 25.6. The van der Waals surface area contributed by atoms with Gasteiger partial charge in [0.2, 0.25) is 0 Å². The molecule has 1 amide bonds. The number of methoxy groups -OCH3 is 1. The van der Waals surface area contributed by atoms with Crippen LogP contribution in [0.25, 0.3) is 0 Å². The second kappa shape index (κ2) is 10.9. The highest BCUT2D eigenvalue weighted by molar-refractivity contribution is 7.91. The third-order valence-electron chi connectivity index (χ3n) is 3.98. The molecule has 11 nitrogen and oxygen atoms in total. The zero-order valence-corrected chi connectivity index (χ0v) is 18.5. The maximum absolute atomic E-state index is 13.2. The SMILES string of the molecule is COCCCS(=O)(=O)c1ccc(C(=NOCc2ncn[nH]2)C(=O)Nc2ncc(F)s2)cc1. The van der Waals surface area contributed by atoms with Crippen molar-refractivity contribution in [2.75, 3.05) is 24.8 Å². The molecule has 0 spiro atoms. The zero-order chi connectivity index (χ0) is 23.0. The van der Waals surface area contributed by atoms with Crippen LogP contribution in [0, 0.1) is 5.13 Å². The fourth-order valence-corrected chi connectivity index (χ4v) is 4.31. The zero-order valence-electron chi connectivity index (χ0n) is 16.8. The molecule has 2 N–H and O–H groups in total. The van der Waals surface area contributed by atoms with E-state index in [-0.39, 0.29) is 33.7 Å². The molecule has 0 saturated carbocycles. The number of rotatable bonds is 11. The van der Waals surface area contributed by atoms with E-state index >= 15 is 0 Å². The molecule has 0 fully saturated rings. The fraction of sp³-hybridized carbons (Fsp3) is 0.278. The lowest BCUT2D eigenvalue weighted by Crippen LogP contribution is -2.24. The van der Waals surface area contributed by atoms with Gasteiger partial charge in [-0.1, -0.05) is 28.6 Å². The van der Waals surface area contributed by atoms with Gasteiger partial charge in [-0.2, -0.15) is 9.49 Å². The molecule has 32 heavy (non-hydrogen) atoms. The molecule has 0 aliphatic rings. The Balaban J connectivity index is 1.80. The number of nitrogens with one attached hydrogen (secondary N) is 2. The van der Waals surface area contributed by atoms with Crippen molar-refractivity contribution < 1.29 is 27.2 Å². The van der Waals surface area contributed by atoms with Crippen LogP contribution in [-0.4, -0.2) is 59.7 Å². The number of aromatic nitrogens is 4. The van der Waals surface area contributed by atoms with Crippen LogP contribution in [0.5, 0.6) is 0 Å². The van der Waals surface area contributed by atoms with Crippen molar-refractivity contribution in [1.29, 1.82) is 0 Å². The van der Waals surface area contributed by atoms with Gasteiger partial charge in [-0.05, 0) is 18.6 Å². The monoisotopic (exact) mass is 482 g/mol. The number of halogens is 1. The van der Waals surface area contributed by atoms with Crippen molar-refractivity contribution >= 4 is 37.9 Å². The van der Waals surface area contributed by atoms with Crippen LogP contribution in [0.4, 0.5) is 9.52 Å². The highest BCUT2D eigenvalue weighted by atomic mass is 32.2. The molecule has 170 valence electrons. The van der Waals surface area contributed by atoms with Gasteiger partial charge in [0.15, 0.2) is 38.2 Å². The van der Waals surface area contributed by atoms with E-state index in [1.165, 1.54) is 37.7 Å². The van der Waals surface area contributed by atoms with E-state index in [9.17, 15) is 17.6 Å². The Bertz CT molecular complexity index is 1160. The standard InChI is InChI=1S/C18H19FN6O5S2/c1-29-7-2-8-32(27,28)13-5-3-12(4-6-13)16(25-30-10-15-21-11-22-24-15)17(26)23-18-20-9-14(19)31-18/h3-6,9,11H,2,7-8,10H2,1H3,(H,20,23,26)(H,21,22,24). The molecule has 2 aromatic heterocycles. The third kappa shape index (κ3) is 6.38. The molecule has 14 heteroatoms. The van der Waals surface area contributed by atoms with Crippen LogP contribution in [0.1, 0.15) is 17.8 Å². The first-order valence-corrected chi connectivity index (χ1v) is 11.6. The number of nitrogens with zero attached hydrogens (tertiary/aromatic N) is 4. The third-order valence-corrected chi connectivity index (χ3v) is 6.50. The van der Waals surface area contributed by atoms with E-state index in [0.29, 0.717) is 30.2 Å². The lowest BCUT2D eigenvalue weighted by molar-refractivity contribution is -0.110. The highest BCUT2D eigenvalue weighted by Gasteiger charge is 2.20. The number of H-pyrrole nitrogens is 1. The quantitative estimate of drug-likeness (QED) is 0.239. The van der Waals surface area contributed by atoms with Gasteiger partial charge in [-0.25, -0.2) is 18.4 Å². The van der Waals surface area contributed by atoms with Crippen molar-refractivity contribution in [3.05, 3.63) is 53.3 Å². The Morgan fingerprint density at radius 1 is 1.28 bits per heavy atom. The van der Waals surface area contributed by atoms with Gasteiger partial charge >= 0.3 is 0 Å². The lowest BCUT2D eigenvalue weighted by atomic mass is 10.1. The first kappa shape index (κ1) is 23.4. The molecule has 0 saturated heterocycles. The number of oxime groups is 1. The maximum Gasteiger partial charge on any atom is 0.280 e. The second-order valence-electron chi connectivity index (χ2n) is 6.26. The van der Waals surface area contributed by atoms with Gasteiger partial charge in [-0.3, -0.25) is 15.2 Å². The number of carbonyl (C=O) groups excluding carboxylic acids is 1. The molecule has 0 bridgehead atoms. The van der Waals surface area contributed by atoms with Crippen molar-refractivity contribution in [2.24, 2.45) is 5.16 Å². The predicted octanol–water partition coefficient (Wildman–Crippen LogP) is 1.77. The summed E-state index contributed by atoms with van der Waals surface area (Å²) in [5, 5.41) is 12.0. The summed E-state index contributed by atoms with van der Waals surface area (Å²) in [5.74, 6) is -0.405. The van der Waals surface area contributed by atoms with Crippen LogP contribution >= 0.6 is 11.3 Å². The first-order valence-electron chi connectivity index (χ1n) is 9.18. The number of anilines is 1. The van der Waals surface area contributed by atoms with Gasteiger partial charge in [-0.15, -0.1) is 0 Å². The van der Waals surface area contributed by atoms with Gasteiger partial charge in [0.25, 0.3) is 5.91 Å². The Hall–Kier alpha value is -3.23. The lowest BCUT2D eigenvalue weighted by Gasteiger charge is -2.08. The number of thiazole rings is 1. The van der Waals surface area contributed by atoms with Gasteiger partial charge < -0.3 is 9.57 Å². The molecular weight excluding hydrogens is 463 g/mol. The molecule has 0 unspecified atom stereocenters. The molecule has 0 aliphatic heterocycles. The van der Waals surface area contributed by atoms with E-state index in [4.69, 9.17) is 9.57 Å².